The van der Waals surface area contributed by atoms with Crippen LogP contribution in [0, 0.1) is 0 Å². The number of benzene rings is 1. The van der Waals surface area contributed by atoms with Gasteiger partial charge in [0.05, 0.1) is 25.6 Å². The van der Waals surface area contributed by atoms with E-state index < -0.39 is 6.17 Å². The lowest BCUT2D eigenvalue weighted by Gasteiger charge is -2.07. The first-order valence-corrected chi connectivity index (χ1v) is 12.0. The average molecular weight is 431 g/mol. The number of halogens is 1. The van der Waals surface area contributed by atoms with Crippen molar-refractivity contribution < 1.29 is 13.9 Å². The fraction of sp³-hybridized carbons (Fsp3) is 0.615. The van der Waals surface area contributed by atoms with Gasteiger partial charge in [0.15, 0.2) is 11.6 Å². The SMILES string of the molecule is CCCCCCOc1cnc(-c2ccc(CCCCCCOCC(F)CC)cc2)nc1. The average Bonchev–Trinajstić information content (AvgIpc) is 2.81. The molecule has 1 unspecified atom stereocenters. The molecular formula is C26H39FN2O2. The summed E-state index contributed by atoms with van der Waals surface area (Å²) < 4.78 is 24.1. The molecule has 2 aromatic rings. The van der Waals surface area contributed by atoms with E-state index in [-0.39, 0.29) is 6.61 Å². The van der Waals surface area contributed by atoms with Gasteiger partial charge in [0.2, 0.25) is 0 Å². The van der Waals surface area contributed by atoms with Crippen LogP contribution in [0.15, 0.2) is 36.7 Å². The fourth-order valence-electron chi connectivity index (χ4n) is 3.30. The number of ether oxygens (including phenoxy) is 2. The molecule has 0 aliphatic carbocycles. The van der Waals surface area contributed by atoms with Gasteiger partial charge in [0.25, 0.3) is 0 Å². The highest BCUT2D eigenvalue weighted by atomic mass is 19.1. The Hall–Kier alpha value is -2.01. The molecule has 172 valence electrons. The first-order chi connectivity index (χ1) is 15.2. The van der Waals surface area contributed by atoms with E-state index in [1.807, 2.05) is 6.92 Å². The molecule has 0 aliphatic heterocycles. The Morgan fingerprint density at radius 1 is 0.839 bits per heavy atom. The summed E-state index contributed by atoms with van der Waals surface area (Å²) >= 11 is 0. The molecule has 0 saturated heterocycles. The molecule has 1 aromatic carbocycles. The topological polar surface area (TPSA) is 44.2 Å². The Morgan fingerprint density at radius 3 is 2.23 bits per heavy atom. The van der Waals surface area contributed by atoms with E-state index in [2.05, 4.69) is 41.2 Å². The minimum Gasteiger partial charge on any atom is -0.490 e. The van der Waals surface area contributed by atoms with Crippen molar-refractivity contribution in [1.82, 2.24) is 9.97 Å². The molecule has 0 spiro atoms. The second-order valence-corrected chi connectivity index (χ2v) is 8.09. The molecule has 1 atom stereocenters. The standard InChI is InChI=1S/C26H39FN2O2/c1-3-5-6-11-18-31-25-19-28-26(29-20-25)23-15-13-22(14-16-23)12-9-7-8-10-17-30-21-24(27)4-2/h13-16,19-20,24H,3-12,17-18,21H2,1-2H3. The predicted octanol–water partition coefficient (Wildman–Crippen LogP) is 6.97. The van der Waals surface area contributed by atoms with Crippen LogP contribution in [0.2, 0.25) is 0 Å². The largest absolute Gasteiger partial charge is 0.490 e. The van der Waals surface area contributed by atoms with E-state index in [4.69, 9.17) is 9.47 Å². The Morgan fingerprint density at radius 2 is 1.52 bits per heavy atom. The summed E-state index contributed by atoms with van der Waals surface area (Å²) in [6.45, 7) is 5.67. The van der Waals surface area contributed by atoms with Gasteiger partial charge in [-0.05, 0) is 37.7 Å². The van der Waals surface area contributed by atoms with E-state index in [0.29, 0.717) is 13.0 Å². The maximum atomic E-state index is 13.0. The maximum absolute atomic E-state index is 13.0. The molecule has 0 radical (unpaired) electrons. The second-order valence-electron chi connectivity index (χ2n) is 8.09. The zero-order valence-electron chi connectivity index (χ0n) is 19.3. The van der Waals surface area contributed by atoms with Crippen molar-refractivity contribution in [3.05, 3.63) is 42.2 Å². The second kappa shape index (κ2) is 15.7. The van der Waals surface area contributed by atoms with Crippen molar-refractivity contribution >= 4 is 0 Å². The van der Waals surface area contributed by atoms with Crippen LogP contribution < -0.4 is 4.74 Å². The van der Waals surface area contributed by atoms with E-state index in [1.165, 1.54) is 31.2 Å². The van der Waals surface area contributed by atoms with E-state index in [9.17, 15) is 4.39 Å². The zero-order valence-corrected chi connectivity index (χ0v) is 19.3. The van der Waals surface area contributed by atoms with Crippen molar-refractivity contribution in [2.24, 2.45) is 0 Å². The van der Waals surface area contributed by atoms with Gasteiger partial charge in [-0.15, -0.1) is 0 Å². The van der Waals surface area contributed by atoms with Crippen LogP contribution in [-0.2, 0) is 11.2 Å². The van der Waals surface area contributed by atoms with Gasteiger partial charge >= 0.3 is 0 Å². The van der Waals surface area contributed by atoms with Crippen LogP contribution in [-0.4, -0.2) is 36.0 Å². The van der Waals surface area contributed by atoms with Crippen molar-refractivity contribution in [3.63, 3.8) is 0 Å². The number of hydrogen-bond donors (Lipinski definition) is 0. The first-order valence-electron chi connectivity index (χ1n) is 12.0. The number of rotatable bonds is 17. The first kappa shape index (κ1) is 25.3. The summed E-state index contributed by atoms with van der Waals surface area (Å²) in [5.74, 6) is 1.46. The lowest BCUT2D eigenvalue weighted by Crippen LogP contribution is -2.09. The van der Waals surface area contributed by atoms with Gasteiger partial charge in [-0.25, -0.2) is 14.4 Å². The number of alkyl halides is 1. The molecule has 0 fully saturated rings. The Bertz CT molecular complexity index is 692. The number of nitrogens with zero attached hydrogens (tertiary/aromatic N) is 2. The third-order valence-electron chi connectivity index (χ3n) is 5.35. The smallest absolute Gasteiger partial charge is 0.159 e. The van der Waals surface area contributed by atoms with Gasteiger partial charge in [-0.1, -0.05) is 70.2 Å². The van der Waals surface area contributed by atoms with Crippen molar-refractivity contribution in [1.29, 1.82) is 0 Å². The summed E-state index contributed by atoms with van der Waals surface area (Å²) in [7, 11) is 0. The summed E-state index contributed by atoms with van der Waals surface area (Å²) in [4.78, 5) is 8.90. The molecule has 0 bridgehead atoms. The van der Waals surface area contributed by atoms with Crippen LogP contribution in [0.1, 0.15) is 77.2 Å². The molecule has 0 N–H and O–H groups in total. The monoisotopic (exact) mass is 430 g/mol. The summed E-state index contributed by atoms with van der Waals surface area (Å²) in [5, 5.41) is 0. The zero-order chi connectivity index (χ0) is 22.2. The van der Waals surface area contributed by atoms with Gasteiger partial charge < -0.3 is 9.47 Å². The quantitative estimate of drug-likeness (QED) is 0.254. The number of aromatic nitrogens is 2. The predicted molar refractivity (Wildman–Crippen MR) is 125 cm³/mol. The van der Waals surface area contributed by atoms with Gasteiger partial charge in [-0.3, -0.25) is 0 Å². The molecule has 0 amide bonds. The lowest BCUT2D eigenvalue weighted by molar-refractivity contribution is 0.0765. The Balaban J connectivity index is 1.62. The molecule has 31 heavy (non-hydrogen) atoms. The summed E-state index contributed by atoms with van der Waals surface area (Å²) in [6.07, 6.45) is 13.5. The number of hydrogen-bond acceptors (Lipinski definition) is 4. The molecule has 1 heterocycles. The maximum Gasteiger partial charge on any atom is 0.159 e. The molecule has 0 saturated carbocycles. The van der Waals surface area contributed by atoms with Crippen LogP contribution in [0.5, 0.6) is 5.75 Å². The fourth-order valence-corrected chi connectivity index (χ4v) is 3.30. The van der Waals surface area contributed by atoms with Crippen molar-refractivity contribution in [2.45, 2.75) is 84.2 Å². The molecule has 1 aromatic heterocycles. The Kier molecular flexibility index (Phi) is 12.8. The summed E-state index contributed by atoms with van der Waals surface area (Å²) in [5.41, 5.74) is 2.35. The summed E-state index contributed by atoms with van der Waals surface area (Å²) in [6, 6.07) is 8.49. The highest BCUT2D eigenvalue weighted by molar-refractivity contribution is 5.55. The highest BCUT2D eigenvalue weighted by Gasteiger charge is 2.04. The Labute approximate surface area is 187 Å². The molecule has 5 heteroatoms. The third kappa shape index (κ3) is 10.7. The van der Waals surface area contributed by atoms with Crippen LogP contribution in [0.25, 0.3) is 11.4 Å². The lowest BCUT2D eigenvalue weighted by atomic mass is 10.0. The minimum absolute atomic E-state index is 0.237. The van der Waals surface area contributed by atoms with E-state index in [1.54, 1.807) is 12.4 Å². The normalized spacial score (nSPS) is 12.1. The number of unbranched alkanes of at least 4 members (excludes halogenated alkanes) is 6. The number of aryl methyl sites for hydroxylation is 1. The van der Waals surface area contributed by atoms with Gasteiger partial charge in [-0.2, -0.15) is 0 Å². The van der Waals surface area contributed by atoms with Crippen LogP contribution in [0.3, 0.4) is 0 Å². The van der Waals surface area contributed by atoms with Crippen molar-refractivity contribution in [3.8, 4) is 17.1 Å². The minimum atomic E-state index is -0.819. The molecule has 0 aliphatic rings. The van der Waals surface area contributed by atoms with Gasteiger partial charge in [0, 0.05) is 12.2 Å². The van der Waals surface area contributed by atoms with Crippen molar-refractivity contribution in [2.75, 3.05) is 19.8 Å². The molecular weight excluding hydrogens is 391 g/mol. The highest BCUT2D eigenvalue weighted by Crippen LogP contribution is 2.18. The molecule has 4 nitrogen and oxygen atoms in total. The van der Waals surface area contributed by atoms with E-state index >= 15 is 0 Å². The molecule has 2 rings (SSSR count). The van der Waals surface area contributed by atoms with Crippen LogP contribution >= 0.6 is 0 Å². The third-order valence-corrected chi connectivity index (χ3v) is 5.35. The van der Waals surface area contributed by atoms with Crippen LogP contribution in [0.4, 0.5) is 4.39 Å². The van der Waals surface area contributed by atoms with E-state index in [0.717, 1.165) is 55.8 Å². The van der Waals surface area contributed by atoms with Gasteiger partial charge in [0.1, 0.15) is 6.17 Å².